The summed E-state index contributed by atoms with van der Waals surface area (Å²) in [5.41, 5.74) is 8.41. The van der Waals surface area contributed by atoms with Crippen LogP contribution in [0.2, 0.25) is 0 Å². The van der Waals surface area contributed by atoms with Crippen molar-refractivity contribution in [3.8, 4) is 5.75 Å². The Kier molecular flexibility index (Phi) is 5.27. The van der Waals surface area contributed by atoms with E-state index in [9.17, 15) is 0 Å². The van der Waals surface area contributed by atoms with Gasteiger partial charge in [-0.05, 0) is 37.0 Å². The predicted molar refractivity (Wildman–Crippen MR) is 83.1 cm³/mol. The van der Waals surface area contributed by atoms with Crippen molar-refractivity contribution in [3.63, 3.8) is 0 Å². The molecule has 0 spiro atoms. The van der Waals surface area contributed by atoms with Crippen LogP contribution in [-0.4, -0.2) is 31.1 Å². The van der Waals surface area contributed by atoms with Gasteiger partial charge in [-0.2, -0.15) is 0 Å². The molecule has 4 heteroatoms. The third kappa shape index (κ3) is 3.89. The zero-order valence-corrected chi connectivity index (χ0v) is 12.6. The van der Waals surface area contributed by atoms with Gasteiger partial charge in [-0.25, -0.2) is 4.99 Å². The highest BCUT2D eigenvalue weighted by Gasteiger charge is 2.10. The number of methoxy groups -OCH3 is 1. The highest BCUT2D eigenvalue weighted by Crippen LogP contribution is 2.19. The number of ether oxygens (including phenoxy) is 1. The van der Waals surface area contributed by atoms with Crippen molar-refractivity contribution in [2.45, 2.75) is 39.2 Å². The molecule has 0 radical (unpaired) electrons. The van der Waals surface area contributed by atoms with Gasteiger partial charge in [-0.15, -0.1) is 0 Å². The summed E-state index contributed by atoms with van der Waals surface area (Å²) in [6.45, 7) is 4.76. The lowest BCUT2D eigenvalue weighted by Crippen LogP contribution is -2.38. The van der Waals surface area contributed by atoms with E-state index in [-0.39, 0.29) is 0 Å². The molecule has 20 heavy (non-hydrogen) atoms. The molecular formula is C16H25N3O. The summed E-state index contributed by atoms with van der Waals surface area (Å²) in [7, 11) is 1.69. The number of aliphatic imine (C=N–C) groups is 1. The first-order valence-corrected chi connectivity index (χ1v) is 7.39. The second-order valence-electron chi connectivity index (χ2n) is 5.38. The largest absolute Gasteiger partial charge is 0.496 e. The second-order valence-corrected chi connectivity index (χ2v) is 5.38. The molecule has 0 unspecified atom stereocenters. The third-order valence-corrected chi connectivity index (χ3v) is 3.81. The number of guanidine groups is 1. The van der Waals surface area contributed by atoms with Crippen LogP contribution in [0.5, 0.6) is 5.75 Å². The van der Waals surface area contributed by atoms with Crippen LogP contribution in [-0.2, 0) is 6.54 Å². The van der Waals surface area contributed by atoms with Crippen LogP contribution < -0.4 is 10.5 Å². The smallest absolute Gasteiger partial charge is 0.191 e. The van der Waals surface area contributed by atoms with Crippen LogP contribution in [0.15, 0.2) is 23.2 Å². The molecule has 4 nitrogen and oxygen atoms in total. The minimum atomic E-state index is 0.632. The van der Waals surface area contributed by atoms with E-state index in [4.69, 9.17) is 10.5 Å². The molecule has 0 atom stereocenters. The number of hydrogen-bond donors (Lipinski definition) is 1. The van der Waals surface area contributed by atoms with Crippen LogP contribution in [0.25, 0.3) is 0 Å². The van der Waals surface area contributed by atoms with Crippen molar-refractivity contribution in [1.82, 2.24) is 4.90 Å². The van der Waals surface area contributed by atoms with Gasteiger partial charge < -0.3 is 15.4 Å². The fraction of sp³-hybridized carbons (Fsp3) is 0.562. The molecule has 2 N–H and O–H groups in total. The number of aryl methyl sites for hydroxylation is 1. The van der Waals surface area contributed by atoms with Gasteiger partial charge in [0.25, 0.3) is 0 Å². The van der Waals surface area contributed by atoms with Crippen molar-refractivity contribution in [2.75, 3.05) is 20.2 Å². The third-order valence-electron chi connectivity index (χ3n) is 3.81. The van der Waals surface area contributed by atoms with E-state index >= 15 is 0 Å². The summed E-state index contributed by atoms with van der Waals surface area (Å²) in [6.07, 6.45) is 5.05. The van der Waals surface area contributed by atoms with Gasteiger partial charge in [0.1, 0.15) is 5.75 Å². The van der Waals surface area contributed by atoms with E-state index in [0.29, 0.717) is 12.5 Å². The minimum absolute atomic E-state index is 0.632. The summed E-state index contributed by atoms with van der Waals surface area (Å²) in [4.78, 5) is 6.75. The number of nitrogens with two attached hydrogens (primary N) is 1. The number of rotatable bonds is 3. The molecule has 1 aliphatic heterocycles. The number of likely N-dealkylation sites (tertiary alicyclic amines) is 1. The maximum Gasteiger partial charge on any atom is 0.191 e. The van der Waals surface area contributed by atoms with Gasteiger partial charge in [0, 0.05) is 13.1 Å². The number of nitrogens with zero attached hydrogens (tertiary/aromatic N) is 2. The van der Waals surface area contributed by atoms with Gasteiger partial charge in [-0.1, -0.05) is 25.0 Å². The monoisotopic (exact) mass is 275 g/mol. The van der Waals surface area contributed by atoms with Crippen molar-refractivity contribution < 1.29 is 4.74 Å². The van der Waals surface area contributed by atoms with E-state index in [1.54, 1.807) is 7.11 Å². The molecule has 0 saturated carbocycles. The van der Waals surface area contributed by atoms with E-state index in [0.717, 1.165) is 24.4 Å². The first-order valence-electron chi connectivity index (χ1n) is 7.39. The van der Waals surface area contributed by atoms with E-state index in [2.05, 4.69) is 16.0 Å². The summed E-state index contributed by atoms with van der Waals surface area (Å²) >= 11 is 0. The molecule has 2 rings (SSSR count). The Bertz CT molecular complexity index is 463. The summed E-state index contributed by atoms with van der Waals surface area (Å²) in [6, 6.07) is 6.14. The van der Waals surface area contributed by atoms with Crippen LogP contribution in [0.1, 0.15) is 36.8 Å². The van der Waals surface area contributed by atoms with Crippen molar-refractivity contribution in [1.29, 1.82) is 0 Å². The maximum atomic E-state index is 6.11. The standard InChI is InChI=1S/C16H25N3O/c1-13-11-14(7-8-15(13)20-2)12-18-16(17)19-9-5-3-4-6-10-19/h7-8,11H,3-6,9-10,12H2,1-2H3,(H2,17,18). The molecule has 0 aromatic heterocycles. The topological polar surface area (TPSA) is 50.9 Å². The Morgan fingerprint density at radius 3 is 2.55 bits per heavy atom. The first-order chi connectivity index (χ1) is 9.70. The lowest BCUT2D eigenvalue weighted by atomic mass is 10.1. The van der Waals surface area contributed by atoms with Gasteiger partial charge in [0.05, 0.1) is 13.7 Å². The van der Waals surface area contributed by atoms with E-state index in [1.165, 1.54) is 31.2 Å². The SMILES string of the molecule is COc1ccc(CN=C(N)N2CCCCCC2)cc1C. The average Bonchev–Trinajstić information content (AvgIpc) is 2.74. The predicted octanol–water partition coefficient (Wildman–Crippen LogP) is 2.69. The second kappa shape index (κ2) is 7.17. The van der Waals surface area contributed by atoms with E-state index < -0.39 is 0 Å². The van der Waals surface area contributed by atoms with Gasteiger partial charge in [-0.3, -0.25) is 0 Å². The quantitative estimate of drug-likeness (QED) is 0.681. The minimum Gasteiger partial charge on any atom is -0.496 e. The fourth-order valence-electron chi connectivity index (χ4n) is 2.61. The zero-order valence-electron chi connectivity index (χ0n) is 12.6. The Labute approximate surface area is 121 Å². The molecule has 0 aliphatic carbocycles. The van der Waals surface area contributed by atoms with Gasteiger partial charge in [0.2, 0.25) is 0 Å². The molecule has 0 bridgehead atoms. The normalized spacial score (nSPS) is 16.9. The summed E-state index contributed by atoms with van der Waals surface area (Å²) < 4.78 is 5.27. The summed E-state index contributed by atoms with van der Waals surface area (Å²) in [5, 5.41) is 0. The molecular weight excluding hydrogens is 250 g/mol. The van der Waals surface area contributed by atoms with Crippen molar-refractivity contribution in [2.24, 2.45) is 10.7 Å². The van der Waals surface area contributed by atoms with Crippen LogP contribution in [0, 0.1) is 6.92 Å². The zero-order chi connectivity index (χ0) is 14.4. The Hall–Kier alpha value is -1.71. The van der Waals surface area contributed by atoms with Gasteiger partial charge >= 0.3 is 0 Å². The highest BCUT2D eigenvalue weighted by molar-refractivity contribution is 5.78. The molecule has 0 amide bonds. The molecule has 1 heterocycles. The van der Waals surface area contributed by atoms with E-state index in [1.807, 2.05) is 19.1 Å². The van der Waals surface area contributed by atoms with Crippen LogP contribution in [0.4, 0.5) is 0 Å². The lowest BCUT2D eigenvalue weighted by molar-refractivity contribution is 0.411. The maximum absolute atomic E-state index is 6.11. The van der Waals surface area contributed by atoms with Crippen LogP contribution >= 0.6 is 0 Å². The average molecular weight is 275 g/mol. The molecule has 1 aliphatic rings. The van der Waals surface area contributed by atoms with Crippen molar-refractivity contribution >= 4 is 5.96 Å². The first kappa shape index (κ1) is 14.7. The number of hydrogen-bond acceptors (Lipinski definition) is 2. The highest BCUT2D eigenvalue weighted by atomic mass is 16.5. The Morgan fingerprint density at radius 1 is 1.25 bits per heavy atom. The molecule has 1 fully saturated rings. The molecule has 110 valence electrons. The summed E-state index contributed by atoms with van der Waals surface area (Å²) in [5.74, 6) is 1.60. The number of benzene rings is 1. The Morgan fingerprint density at radius 2 is 1.95 bits per heavy atom. The fourth-order valence-corrected chi connectivity index (χ4v) is 2.61. The van der Waals surface area contributed by atoms with Gasteiger partial charge in [0.15, 0.2) is 5.96 Å². The lowest BCUT2D eigenvalue weighted by Gasteiger charge is -2.21. The Balaban J connectivity index is 1.98. The van der Waals surface area contributed by atoms with Crippen LogP contribution in [0.3, 0.4) is 0 Å². The molecule has 1 saturated heterocycles. The molecule has 1 aromatic rings. The molecule has 1 aromatic carbocycles. The van der Waals surface area contributed by atoms with Crippen molar-refractivity contribution in [3.05, 3.63) is 29.3 Å².